The second-order valence-corrected chi connectivity index (χ2v) is 5.77. The van der Waals surface area contributed by atoms with Gasteiger partial charge >= 0.3 is 0 Å². The number of benzene rings is 3. The summed E-state index contributed by atoms with van der Waals surface area (Å²) in [4.78, 5) is 0. The van der Waals surface area contributed by atoms with Crippen LogP contribution in [0, 0.1) is 0 Å². The largest absolute Gasteiger partial charge is 0.306 e. The van der Waals surface area contributed by atoms with Crippen LogP contribution in [-0.4, -0.2) is 0 Å². The van der Waals surface area contributed by atoms with Gasteiger partial charge in [-0.15, -0.1) is 0 Å². The number of fused-ring (bicyclic) bond motifs is 1. The van der Waals surface area contributed by atoms with Gasteiger partial charge in [0.25, 0.3) is 0 Å². The van der Waals surface area contributed by atoms with Crippen LogP contribution in [0.25, 0.3) is 10.8 Å². The molecular formula is C19H18ClN. The van der Waals surface area contributed by atoms with Crippen molar-refractivity contribution < 1.29 is 0 Å². The zero-order chi connectivity index (χ0) is 14.7. The van der Waals surface area contributed by atoms with Gasteiger partial charge < -0.3 is 5.32 Å². The van der Waals surface area contributed by atoms with Crippen LogP contribution in [0.1, 0.15) is 24.1 Å². The highest BCUT2D eigenvalue weighted by atomic mass is 35.5. The standard InChI is InChI=1S/C19H18ClN/c1-14(16-8-10-19(20)11-9-16)21-13-15-6-7-17-4-2-3-5-18(17)12-15/h2-12,14,21H,13H2,1H3. The molecule has 21 heavy (non-hydrogen) atoms. The van der Waals surface area contributed by atoms with E-state index in [2.05, 4.69) is 66.8 Å². The van der Waals surface area contributed by atoms with E-state index in [0.717, 1.165) is 11.6 Å². The Hall–Kier alpha value is -1.83. The molecule has 0 aliphatic carbocycles. The summed E-state index contributed by atoms with van der Waals surface area (Å²) in [5.41, 5.74) is 2.55. The first kappa shape index (κ1) is 14.1. The first-order valence-corrected chi connectivity index (χ1v) is 7.57. The molecule has 1 nitrogen and oxygen atoms in total. The van der Waals surface area contributed by atoms with Gasteiger partial charge in [0, 0.05) is 17.6 Å². The predicted octanol–water partition coefficient (Wildman–Crippen LogP) is 5.34. The normalized spacial score (nSPS) is 12.5. The van der Waals surface area contributed by atoms with Gasteiger partial charge in [0.15, 0.2) is 0 Å². The molecule has 2 heteroatoms. The van der Waals surface area contributed by atoms with Crippen LogP contribution in [-0.2, 0) is 6.54 Å². The zero-order valence-corrected chi connectivity index (χ0v) is 12.8. The summed E-state index contributed by atoms with van der Waals surface area (Å²) in [5.74, 6) is 0. The van der Waals surface area contributed by atoms with E-state index in [0.29, 0.717) is 6.04 Å². The second kappa shape index (κ2) is 6.30. The van der Waals surface area contributed by atoms with Gasteiger partial charge in [0.1, 0.15) is 0 Å². The number of hydrogen-bond acceptors (Lipinski definition) is 1. The summed E-state index contributed by atoms with van der Waals surface area (Å²) >= 11 is 5.92. The molecule has 0 heterocycles. The molecule has 3 aromatic rings. The Morgan fingerprint density at radius 2 is 1.62 bits per heavy atom. The van der Waals surface area contributed by atoms with E-state index in [-0.39, 0.29) is 0 Å². The Bertz CT molecular complexity index is 734. The van der Waals surface area contributed by atoms with Crippen molar-refractivity contribution in [2.45, 2.75) is 19.5 Å². The van der Waals surface area contributed by atoms with Gasteiger partial charge in [-0.25, -0.2) is 0 Å². The Morgan fingerprint density at radius 1 is 0.905 bits per heavy atom. The molecule has 0 radical (unpaired) electrons. The van der Waals surface area contributed by atoms with Crippen LogP contribution in [0.4, 0.5) is 0 Å². The maximum Gasteiger partial charge on any atom is 0.0406 e. The molecule has 0 aromatic heterocycles. The third-order valence-electron chi connectivity index (χ3n) is 3.80. The molecule has 0 bridgehead atoms. The van der Waals surface area contributed by atoms with Crippen molar-refractivity contribution in [1.29, 1.82) is 0 Å². The molecule has 1 atom stereocenters. The number of nitrogens with one attached hydrogen (secondary N) is 1. The molecule has 3 rings (SSSR count). The molecule has 1 N–H and O–H groups in total. The molecular weight excluding hydrogens is 278 g/mol. The molecule has 0 amide bonds. The quantitative estimate of drug-likeness (QED) is 0.684. The van der Waals surface area contributed by atoms with E-state index < -0.39 is 0 Å². The zero-order valence-electron chi connectivity index (χ0n) is 12.0. The fourth-order valence-corrected chi connectivity index (χ4v) is 2.61. The lowest BCUT2D eigenvalue weighted by Gasteiger charge is -2.14. The smallest absolute Gasteiger partial charge is 0.0406 e. The van der Waals surface area contributed by atoms with E-state index in [1.54, 1.807) is 0 Å². The maximum absolute atomic E-state index is 5.92. The summed E-state index contributed by atoms with van der Waals surface area (Å²) in [6.45, 7) is 3.03. The Morgan fingerprint density at radius 3 is 2.38 bits per heavy atom. The van der Waals surface area contributed by atoms with Crippen molar-refractivity contribution in [3.8, 4) is 0 Å². The topological polar surface area (TPSA) is 12.0 Å². The van der Waals surface area contributed by atoms with Gasteiger partial charge in [-0.05, 0) is 47.0 Å². The van der Waals surface area contributed by atoms with E-state index in [1.807, 2.05) is 12.1 Å². The van der Waals surface area contributed by atoms with Gasteiger partial charge in [-0.3, -0.25) is 0 Å². The van der Waals surface area contributed by atoms with Crippen molar-refractivity contribution >= 4 is 22.4 Å². The number of rotatable bonds is 4. The lowest BCUT2D eigenvalue weighted by molar-refractivity contribution is 0.575. The first-order valence-electron chi connectivity index (χ1n) is 7.19. The highest BCUT2D eigenvalue weighted by molar-refractivity contribution is 6.30. The van der Waals surface area contributed by atoms with Crippen LogP contribution in [0.5, 0.6) is 0 Å². The third-order valence-corrected chi connectivity index (χ3v) is 4.05. The SMILES string of the molecule is CC(NCc1ccc2ccccc2c1)c1ccc(Cl)cc1. The molecule has 0 fully saturated rings. The summed E-state index contributed by atoms with van der Waals surface area (Å²) in [5, 5.41) is 6.91. The number of halogens is 1. The van der Waals surface area contributed by atoms with Gasteiger partial charge in [-0.1, -0.05) is 60.1 Å². The summed E-state index contributed by atoms with van der Waals surface area (Å²) in [6, 6.07) is 23.4. The highest BCUT2D eigenvalue weighted by Gasteiger charge is 2.05. The lowest BCUT2D eigenvalue weighted by Crippen LogP contribution is -2.17. The number of hydrogen-bond donors (Lipinski definition) is 1. The van der Waals surface area contributed by atoms with Crippen LogP contribution in [0.2, 0.25) is 5.02 Å². The minimum Gasteiger partial charge on any atom is -0.306 e. The van der Waals surface area contributed by atoms with E-state index in [1.165, 1.54) is 21.9 Å². The van der Waals surface area contributed by atoms with Crippen LogP contribution < -0.4 is 5.32 Å². The summed E-state index contributed by atoms with van der Waals surface area (Å²) in [6.07, 6.45) is 0. The predicted molar refractivity (Wildman–Crippen MR) is 90.7 cm³/mol. The molecule has 0 saturated carbocycles. The molecule has 1 unspecified atom stereocenters. The fraction of sp³-hybridized carbons (Fsp3) is 0.158. The van der Waals surface area contributed by atoms with Gasteiger partial charge in [0.05, 0.1) is 0 Å². The van der Waals surface area contributed by atoms with Crippen LogP contribution in [0.15, 0.2) is 66.7 Å². The van der Waals surface area contributed by atoms with Crippen LogP contribution in [0.3, 0.4) is 0 Å². The van der Waals surface area contributed by atoms with Crippen molar-refractivity contribution in [2.75, 3.05) is 0 Å². The molecule has 0 aliphatic heterocycles. The second-order valence-electron chi connectivity index (χ2n) is 5.34. The van der Waals surface area contributed by atoms with E-state index in [4.69, 9.17) is 11.6 Å². The van der Waals surface area contributed by atoms with E-state index >= 15 is 0 Å². The van der Waals surface area contributed by atoms with Crippen molar-refractivity contribution in [1.82, 2.24) is 5.32 Å². The van der Waals surface area contributed by atoms with Crippen molar-refractivity contribution in [3.05, 3.63) is 82.9 Å². The summed E-state index contributed by atoms with van der Waals surface area (Å²) < 4.78 is 0. The van der Waals surface area contributed by atoms with E-state index in [9.17, 15) is 0 Å². The minimum absolute atomic E-state index is 0.300. The lowest BCUT2D eigenvalue weighted by atomic mass is 10.1. The molecule has 0 saturated heterocycles. The Kier molecular flexibility index (Phi) is 4.23. The Labute approximate surface area is 130 Å². The van der Waals surface area contributed by atoms with Gasteiger partial charge in [0.2, 0.25) is 0 Å². The first-order chi connectivity index (χ1) is 10.2. The molecule has 106 valence electrons. The molecule has 0 aliphatic rings. The maximum atomic E-state index is 5.92. The summed E-state index contributed by atoms with van der Waals surface area (Å²) in [7, 11) is 0. The Balaban J connectivity index is 1.69. The average molecular weight is 296 g/mol. The van der Waals surface area contributed by atoms with Crippen LogP contribution >= 0.6 is 11.6 Å². The highest BCUT2D eigenvalue weighted by Crippen LogP contribution is 2.18. The third kappa shape index (κ3) is 3.44. The van der Waals surface area contributed by atoms with Gasteiger partial charge in [-0.2, -0.15) is 0 Å². The molecule has 3 aromatic carbocycles. The van der Waals surface area contributed by atoms with Crippen molar-refractivity contribution in [3.63, 3.8) is 0 Å². The minimum atomic E-state index is 0.300. The molecule has 0 spiro atoms. The fourth-order valence-electron chi connectivity index (χ4n) is 2.49. The average Bonchev–Trinajstić information content (AvgIpc) is 2.53. The monoisotopic (exact) mass is 295 g/mol. The van der Waals surface area contributed by atoms with Crippen molar-refractivity contribution in [2.24, 2.45) is 0 Å².